The summed E-state index contributed by atoms with van der Waals surface area (Å²) in [6.45, 7) is 42.9. The first kappa shape index (κ1) is 123. The van der Waals surface area contributed by atoms with Gasteiger partial charge in [-0.3, -0.25) is 0 Å². The Morgan fingerprint density at radius 1 is 0.254 bits per heavy atom. The number of hydrogen-bond donors (Lipinski definition) is 10. The molecular formula is C112H189N15O15. The van der Waals surface area contributed by atoms with Crippen molar-refractivity contribution in [2.45, 2.75) is 291 Å². The molecule has 0 radical (unpaired) electrons. The molecule has 20 N–H and O–H groups in total. The van der Waals surface area contributed by atoms with E-state index in [0.717, 1.165) is 294 Å². The van der Waals surface area contributed by atoms with Crippen LogP contribution in [0.4, 0.5) is 24.0 Å². The van der Waals surface area contributed by atoms with E-state index in [2.05, 4.69) is 69.2 Å². The van der Waals surface area contributed by atoms with Gasteiger partial charge in [-0.2, -0.15) is 0 Å². The molecule has 0 spiro atoms. The highest BCUT2D eigenvalue weighted by Gasteiger charge is 2.45. The fourth-order valence-corrected chi connectivity index (χ4v) is 19.5. The number of carbonyl (C=O) groups excluding carboxylic acids is 5. The number of nitrogens with two attached hydrogens (primary N) is 10. The Morgan fingerprint density at radius 2 is 0.570 bits per heavy atom. The molecule has 5 aromatic rings. The van der Waals surface area contributed by atoms with Gasteiger partial charge < -0.3 is 129 Å². The maximum atomic E-state index is 12.4. The molecule has 142 heavy (non-hydrogen) atoms. The van der Waals surface area contributed by atoms with Gasteiger partial charge in [0, 0.05) is 146 Å². The van der Waals surface area contributed by atoms with E-state index >= 15 is 0 Å². The minimum Gasteiger partial charge on any atom is -0.445 e. The van der Waals surface area contributed by atoms with E-state index in [1.807, 2.05) is 166 Å². The van der Waals surface area contributed by atoms with Gasteiger partial charge in [-0.05, 0) is 225 Å². The maximum absolute atomic E-state index is 12.4. The fraction of sp³-hybridized carbons (Fsp3) is 0.688. The topological polar surface area (TPSA) is 454 Å². The van der Waals surface area contributed by atoms with Crippen molar-refractivity contribution in [2.75, 3.05) is 171 Å². The second-order valence-electron chi connectivity index (χ2n) is 40.6. The first-order chi connectivity index (χ1) is 68.6. The van der Waals surface area contributed by atoms with Crippen molar-refractivity contribution in [1.82, 2.24) is 24.5 Å². The van der Waals surface area contributed by atoms with Crippen LogP contribution >= 0.6 is 0 Å². The molecule has 7 unspecified atom stereocenters. The Kier molecular flexibility index (Phi) is 55.9. The molecule has 0 bridgehead atoms. The van der Waals surface area contributed by atoms with Gasteiger partial charge in [0.1, 0.15) is 33.0 Å². The second-order valence-corrected chi connectivity index (χ2v) is 40.6. The number of ether oxygens (including phenoxy) is 10. The third-order valence-corrected chi connectivity index (χ3v) is 32.5. The van der Waals surface area contributed by atoms with Crippen molar-refractivity contribution in [1.29, 1.82) is 0 Å². The molecule has 5 amide bonds. The Morgan fingerprint density at radius 3 is 0.845 bits per heavy atom. The summed E-state index contributed by atoms with van der Waals surface area (Å²) in [7, 11) is 0. The third kappa shape index (κ3) is 38.3. The van der Waals surface area contributed by atoms with Gasteiger partial charge in [0.05, 0.1) is 48.7 Å². The lowest BCUT2D eigenvalue weighted by Crippen LogP contribution is -2.58. The second kappa shape index (κ2) is 64.8. The highest BCUT2D eigenvalue weighted by Crippen LogP contribution is 2.40. The highest BCUT2D eigenvalue weighted by molar-refractivity contribution is 5.71. The molecule has 0 saturated carbocycles. The number of carbonyl (C=O) groups is 5. The van der Waals surface area contributed by atoms with E-state index in [1.54, 1.807) is 9.80 Å². The van der Waals surface area contributed by atoms with Gasteiger partial charge in [-0.1, -0.05) is 221 Å². The van der Waals surface area contributed by atoms with Gasteiger partial charge in [0.2, 0.25) is 0 Å². The van der Waals surface area contributed by atoms with Crippen LogP contribution < -0.4 is 57.3 Å². The van der Waals surface area contributed by atoms with Crippen LogP contribution in [0, 0.1) is 32.5 Å². The van der Waals surface area contributed by atoms with E-state index in [1.165, 1.54) is 12.8 Å². The van der Waals surface area contributed by atoms with Crippen LogP contribution in [0.15, 0.2) is 152 Å². The number of piperidine rings is 3. The monoisotopic (exact) mass is 1980 g/mol. The largest absolute Gasteiger partial charge is 0.445 e. The van der Waals surface area contributed by atoms with Crippen LogP contribution in [0.5, 0.6) is 0 Å². The van der Waals surface area contributed by atoms with Gasteiger partial charge in [-0.25, -0.2) is 24.0 Å². The number of rotatable bonds is 30. The Balaban J connectivity index is 0.000000246. The van der Waals surface area contributed by atoms with Crippen molar-refractivity contribution >= 4 is 30.5 Å². The first-order valence-electron chi connectivity index (χ1n) is 53.5. The summed E-state index contributed by atoms with van der Waals surface area (Å²) < 4.78 is 53.3. The first-order valence-corrected chi connectivity index (χ1v) is 53.5. The van der Waals surface area contributed by atoms with E-state index in [4.69, 9.17) is 105 Å². The van der Waals surface area contributed by atoms with E-state index in [0.29, 0.717) is 108 Å². The Bertz CT molecular complexity index is 4090. The molecule has 15 rings (SSSR count). The van der Waals surface area contributed by atoms with Crippen molar-refractivity contribution in [2.24, 2.45) is 89.8 Å². The number of benzene rings is 5. The minimum atomic E-state index is -0.242. The summed E-state index contributed by atoms with van der Waals surface area (Å²) in [4.78, 5) is 69.8. The van der Waals surface area contributed by atoms with E-state index in [9.17, 15) is 24.0 Å². The number of hydrogen-bond acceptors (Lipinski definition) is 25. The minimum absolute atomic E-state index is 0.0556. The van der Waals surface area contributed by atoms with Crippen molar-refractivity contribution in [3.8, 4) is 0 Å². The molecule has 0 aliphatic carbocycles. The standard InChI is InChI=1S/3C16H24N2O2.2C15H22N2O2.C8H17NO.2C7H15NO.2C6H13NO/c1-2-16(13-17)10-6-7-11-18(16)15(19)20-12-14-8-4-3-5-9-14;1-2-16(12-17)9-6-10-18(13-16)15(19)20-11-14-7-4-3-5-8-14;1-2-16(13-17)8-10-18(11-9-16)15(19)20-12-14-6-4-3-5-7-14;1-2-15(12-16)9-6-10-17(15)14(18)19-11-13-7-4-3-5-8-13;1-2-15(11-16)8-9-17(12-15)14(18)19-10-13-6-4-3-5-7-13;1-2-8(7-9)3-5-10-6-4-8;1-2-7(5-8)3-4-9-6-7;1-2-7(6-8)4-3-5-9-7;1-2-6(3-7)4-8-5-6;1-2-6(5-7)3-4-8-6/h3-5,8-9H,2,6-7,10-13,17H2,1H3;3-5,7-8H,2,6,9-13,17H2,1H3;3-7H,2,8-13,17H2,1H3;3-5,7-8H,2,6,9-12,16H2,1H3;3-7H,2,8-12,16H2,1H3;2-7,9H2,1H3;2*2-6,8H2,1H3;2*2-5,7H2,1H3. The summed E-state index contributed by atoms with van der Waals surface area (Å²) in [5, 5.41) is 0. The maximum Gasteiger partial charge on any atom is 0.410 e. The van der Waals surface area contributed by atoms with Crippen LogP contribution in [-0.2, 0) is 80.4 Å². The summed E-state index contributed by atoms with van der Waals surface area (Å²) in [6, 6.07) is 48.7. The molecular weight excluding hydrogens is 1800 g/mol. The van der Waals surface area contributed by atoms with Gasteiger partial charge >= 0.3 is 30.5 Å². The lowest BCUT2D eigenvalue weighted by atomic mass is 9.76. The van der Waals surface area contributed by atoms with Gasteiger partial charge in [0.25, 0.3) is 0 Å². The molecule has 10 saturated heterocycles. The molecule has 10 heterocycles. The molecule has 7 atom stereocenters. The Hall–Kier alpha value is -8.15. The van der Waals surface area contributed by atoms with E-state index in [-0.39, 0.29) is 69.0 Å². The summed E-state index contributed by atoms with van der Waals surface area (Å²) >= 11 is 0. The lowest BCUT2D eigenvalue weighted by molar-refractivity contribution is -0.141. The quantitative estimate of drug-likeness (QED) is 0.0191. The van der Waals surface area contributed by atoms with Gasteiger partial charge in [-0.15, -0.1) is 0 Å². The zero-order chi connectivity index (χ0) is 104. The molecule has 30 heteroatoms. The van der Waals surface area contributed by atoms with Crippen LogP contribution in [0.3, 0.4) is 0 Å². The average molecular weight is 1990 g/mol. The van der Waals surface area contributed by atoms with Crippen molar-refractivity contribution in [3.05, 3.63) is 179 Å². The molecule has 10 fully saturated rings. The predicted octanol–water partition coefficient (Wildman–Crippen LogP) is 17.1. The molecule has 10 aliphatic rings. The predicted molar refractivity (Wildman–Crippen MR) is 568 cm³/mol. The number of likely N-dealkylation sites (tertiary alicyclic amines) is 5. The Labute approximate surface area is 853 Å². The molecule has 0 aromatic heterocycles. The third-order valence-electron chi connectivity index (χ3n) is 32.5. The van der Waals surface area contributed by atoms with Crippen LogP contribution in [0.1, 0.15) is 264 Å². The van der Waals surface area contributed by atoms with E-state index < -0.39 is 0 Å². The molecule has 802 valence electrons. The van der Waals surface area contributed by atoms with Crippen LogP contribution in [0.2, 0.25) is 0 Å². The SMILES string of the molecule is CCC1(CN)CCCCN1C(=O)OCc1ccccc1.CCC1(CN)CCCN(C(=O)OCc2ccccc2)C1.CCC1(CN)CCCN1C(=O)OCc1ccccc1.CCC1(CN)CCCO1.CCC1(CN)CCN(C(=O)OCc2ccccc2)C1.CCC1(CN)CCN(C(=O)OCc2ccccc2)CC1.CCC1(CN)CCO1.CCC1(CN)CCOC1.CCC1(CN)CCOCC1.CCC1(CN)COC1. The zero-order valence-corrected chi connectivity index (χ0v) is 88.9. The lowest BCUT2D eigenvalue weighted by Gasteiger charge is -2.45. The number of amides is 5. The highest BCUT2D eigenvalue weighted by atomic mass is 16.6. The molecule has 5 aromatic carbocycles. The normalized spacial score (nSPS) is 24.6. The van der Waals surface area contributed by atoms with Crippen molar-refractivity contribution in [3.63, 3.8) is 0 Å². The van der Waals surface area contributed by atoms with Crippen LogP contribution in [0.25, 0.3) is 0 Å². The molecule has 30 nitrogen and oxygen atoms in total. The number of nitrogens with zero attached hydrogens (tertiary/aromatic N) is 5. The average Bonchev–Trinajstić information content (AvgIpc) is 0.981. The molecule has 10 aliphatic heterocycles. The summed E-state index contributed by atoms with van der Waals surface area (Å²) in [5.74, 6) is 0. The van der Waals surface area contributed by atoms with Crippen LogP contribution in [-0.4, -0.2) is 248 Å². The fourth-order valence-electron chi connectivity index (χ4n) is 19.5. The van der Waals surface area contributed by atoms with Crippen molar-refractivity contribution < 1.29 is 71.3 Å². The summed E-state index contributed by atoms with van der Waals surface area (Å²) in [5.41, 5.74) is 63.5. The smallest absolute Gasteiger partial charge is 0.410 e. The van der Waals surface area contributed by atoms with Gasteiger partial charge in [0.15, 0.2) is 0 Å². The summed E-state index contributed by atoms with van der Waals surface area (Å²) in [6.07, 6.45) is 26.4. The zero-order valence-electron chi connectivity index (χ0n) is 88.9.